The van der Waals surface area contributed by atoms with Crippen molar-refractivity contribution in [3.05, 3.63) is 53.2 Å². The second kappa shape index (κ2) is 10.8. The van der Waals surface area contributed by atoms with Crippen molar-refractivity contribution in [1.82, 2.24) is 19.9 Å². The van der Waals surface area contributed by atoms with Crippen molar-refractivity contribution in [2.24, 2.45) is 5.41 Å². The number of hydrogen-bond donors (Lipinski definition) is 0. The Bertz CT molecular complexity index is 1070. The molecule has 2 fully saturated rings. The first kappa shape index (κ1) is 24.6. The summed E-state index contributed by atoms with van der Waals surface area (Å²) in [7, 11) is 0. The van der Waals surface area contributed by atoms with Crippen LogP contribution >= 0.6 is 0 Å². The fourth-order valence-electron chi connectivity index (χ4n) is 5.33. The number of hydrogen-bond acceptors (Lipinski definition) is 4. The Kier molecular flexibility index (Phi) is 7.82. The first-order valence-electron chi connectivity index (χ1n) is 13.2. The van der Waals surface area contributed by atoms with Crippen LogP contribution in [0.3, 0.4) is 0 Å². The van der Waals surface area contributed by atoms with Gasteiger partial charge in [-0.15, -0.1) is 0 Å². The highest BCUT2D eigenvalue weighted by atomic mass is 16.1. The summed E-state index contributed by atoms with van der Waals surface area (Å²) < 4.78 is 0. The molecule has 3 aliphatic rings. The highest BCUT2D eigenvalue weighted by Crippen LogP contribution is 2.48. The maximum Gasteiger partial charge on any atom is 0.163 e. The number of fused-ring (bicyclic) bond motifs is 3. The van der Waals surface area contributed by atoms with E-state index in [4.69, 9.17) is 10.2 Å². The Morgan fingerprint density at radius 1 is 1.00 bits per heavy atom. The molecule has 1 aromatic heterocycles. The van der Waals surface area contributed by atoms with Crippen LogP contribution in [0.25, 0.3) is 16.8 Å². The van der Waals surface area contributed by atoms with Gasteiger partial charge < -0.3 is 4.90 Å². The highest BCUT2D eigenvalue weighted by molar-refractivity contribution is 6.06. The van der Waals surface area contributed by atoms with Gasteiger partial charge >= 0.3 is 0 Å². The lowest BCUT2D eigenvalue weighted by Crippen LogP contribution is -2.36. The molecule has 2 heterocycles. The van der Waals surface area contributed by atoms with Gasteiger partial charge in [0.15, 0.2) is 5.78 Å². The van der Waals surface area contributed by atoms with Crippen molar-refractivity contribution < 1.29 is 4.79 Å². The van der Waals surface area contributed by atoms with E-state index in [2.05, 4.69) is 23.1 Å². The molecule has 0 radical (unpaired) electrons. The fraction of sp³-hybridized carbons (Fsp3) is 0.552. The zero-order valence-corrected chi connectivity index (χ0v) is 21.4. The molecular weight excluding hydrogens is 420 g/mol. The molecule has 1 aromatic carbocycles. The molecule has 0 amide bonds. The molecule has 1 aliphatic heterocycles. The Hall–Kier alpha value is -2.53. The van der Waals surface area contributed by atoms with E-state index >= 15 is 0 Å². The largest absolute Gasteiger partial charge is 0.303 e. The Morgan fingerprint density at radius 3 is 2.41 bits per heavy atom. The summed E-state index contributed by atoms with van der Waals surface area (Å²) in [6.45, 7) is 12.5. The van der Waals surface area contributed by atoms with Crippen molar-refractivity contribution in [1.29, 1.82) is 0 Å². The number of benzene rings is 1. The first-order chi connectivity index (χ1) is 16.6. The third-order valence-electron chi connectivity index (χ3n) is 7.42. The standard InChI is InChI=1S/C27H34N4O.C2H6/c1-3-4-11-22-20(2)25-26(23-12-7-6-10-21(23)17-24(22)32)29-31(28-25)19-27(13-14-27)18-30-15-8-5-9-16-30;1-2/h3-4,6-7,10,12H,5,8-9,11,13-19H2,1-2H3;1-2H3/b4-3-,22-20-;. The molecule has 0 atom stereocenters. The normalized spacial score (nSPS) is 21.8. The van der Waals surface area contributed by atoms with Gasteiger partial charge in [0, 0.05) is 29.5 Å². The van der Waals surface area contributed by atoms with E-state index in [1.165, 1.54) is 45.2 Å². The summed E-state index contributed by atoms with van der Waals surface area (Å²) in [4.78, 5) is 17.7. The van der Waals surface area contributed by atoms with Crippen LogP contribution in [0.1, 0.15) is 77.5 Å². The lowest BCUT2D eigenvalue weighted by atomic mass is 9.88. The number of piperidine rings is 1. The number of carbonyl (C=O) groups excluding carboxylic acids is 1. The van der Waals surface area contributed by atoms with Gasteiger partial charge in [0.25, 0.3) is 0 Å². The van der Waals surface area contributed by atoms with Gasteiger partial charge in [0.05, 0.1) is 6.54 Å². The summed E-state index contributed by atoms with van der Waals surface area (Å²) in [5.41, 5.74) is 6.05. The van der Waals surface area contributed by atoms with Gasteiger partial charge in [-0.3, -0.25) is 4.79 Å². The van der Waals surface area contributed by atoms with Gasteiger partial charge in [-0.25, -0.2) is 0 Å². The fourth-order valence-corrected chi connectivity index (χ4v) is 5.33. The minimum atomic E-state index is 0.192. The molecule has 1 saturated heterocycles. The maximum absolute atomic E-state index is 13.2. The van der Waals surface area contributed by atoms with Gasteiger partial charge in [-0.2, -0.15) is 15.0 Å². The molecule has 182 valence electrons. The number of carbonyl (C=O) groups is 1. The van der Waals surface area contributed by atoms with E-state index in [0.717, 1.165) is 46.8 Å². The third-order valence-corrected chi connectivity index (χ3v) is 7.42. The lowest BCUT2D eigenvalue weighted by molar-refractivity contribution is -0.115. The molecule has 0 spiro atoms. The minimum Gasteiger partial charge on any atom is -0.303 e. The molecule has 1 saturated carbocycles. The van der Waals surface area contributed by atoms with Gasteiger partial charge in [0.2, 0.25) is 0 Å². The molecular formula is C29H40N4O. The van der Waals surface area contributed by atoms with E-state index in [1.54, 1.807) is 0 Å². The van der Waals surface area contributed by atoms with Crippen LogP contribution in [0, 0.1) is 5.41 Å². The maximum atomic E-state index is 13.2. The molecule has 0 bridgehead atoms. The highest BCUT2D eigenvalue weighted by Gasteiger charge is 2.45. The smallest absolute Gasteiger partial charge is 0.163 e. The number of nitrogens with zero attached hydrogens (tertiary/aromatic N) is 4. The first-order valence-corrected chi connectivity index (χ1v) is 13.2. The molecule has 5 heteroatoms. The summed E-state index contributed by atoms with van der Waals surface area (Å²) >= 11 is 0. The van der Waals surface area contributed by atoms with E-state index < -0.39 is 0 Å². The van der Waals surface area contributed by atoms with Crippen molar-refractivity contribution in [3.63, 3.8) is 0 Å². The van der Waals surface area contributed by atoms with Crippen LogP contribution in [0.4, 0.5) is 0 Å². The number of rotatable bonds is 6. The third kappa shape index (κ3) is 5.25. The van der Waals surface area contributed by atoms with E-state index in [1.807, 2.05) is 50.7 Å². The Morgan fingerprint density at radius 2 is 1.71 bits per heavy atom. The number of ketones is 1. The Labute approximate surface area is 204 Å². The molecule has 2 aliphatic carbocycles. The average molecular weight is 461 g/mol. The van der Waals surface area contributed by atoms with Gasteiger partial charge in [0.1, 0.15) is 11.4 Å². The summed E-state index contributed by atoms with van der Waals surface area (Å²) in [5, 5.41) is 10.0. The van der Waals surface area contributed by atoms with E-state index in [-0.39, 0.29) is 5.78 Å². The predicted molar refractivity (Wildman–Crippen MR) is 139 cm³/mol. The van der Waals surface area contributed by atoms with Crippen molar-refractivity contribution in [2.75, 3.05) is 19.6 Å². The summed E-state index contributed by atoms with van der Waals surface area (Å²) in [5.74, 6) is 0.192. The number of Topliss-reactive ketones (excluding diaryl/α,β-unsaturated/α-hetero) is 1. The predicted octanol–water partition coefficient (Wildman–Crippen LogP) is 6.10. The Balaban J connectivity index is 0.00000133. The zero-order chi connectivity index (χ0) is 24.1. The quantitative estimate of drug-likeness (QED) is 0.489. The monoisotopic (exact) mass is 460 g/mol. The number of aromatic nitrogens is 3. The van der Waals surface area contributed by atoms with E-state index in [0.29, 0.717) is 18.3 Å². The van der Waals surface area contributed by atoms with Crippen LogP contribution in [0.5, 0.6) is 0 Å². The molecule has 0 unspecified atom stereocenters. The van der Waals surface area contributed by atoms with Crippen LogP contribution < -0.4 is 0 Å². The summed E-state index contributed by atoms with van der Waals surface area (Å²) in [6, 6.07) is 8.19. The lowest BCUT2D eigenvalue weighted by Gasteiger charge is -2.30. The second-order valence-electron chi connectivity index (χ2n) is 9.90. The molecule has 5 nitrogen and oxygen atoms in total. The number of likely N-dealkylation sites (tertiary alicyclic amines) is 1. The van der Waals surface area contributed by atoms with Crippen LogP contribution in [-0.2, 0) is 17.8 Å². The summed E-state index contributed by atoms with van der Waals surface area (Å²) in [6.07, 6.45) is 11.7. The van der Waals surface area contributed by atoms with Crippen molar-refractivity contribution in [3.8, 4) is 11.3 Å². The SMILES string of the molecule is C/C=C\C/C1=C(\C)c2nn(CC3(CN4CCCCC4)CC3)nc2-c2ccccc2CC1=O.CC. The van der Waals surface area contributed by atoms with E-state index in [9.17, 15) is 4.79 Å². The van der Waals surface area contributed by atoms with Crippen LogP contribution in [0.15, 0.2) is 42.0 Å². The van der Waals surface area contributed by atoms with Crippen LogP contribution in [0.2, 0.25) is 0 Å². The van der Waals surface area contributed by atoms with Crippen LogP contribution in [-0.4, -0.2) is 45.3 Å². The molecule has 5 rings (SSSR count). The number of allylic oxidation sites excluding steroid dienone is 4. The zero-order valence-electron chi connectivity index (χ0n) is 21.4. The van der Waals surface area contributed by atoms with Gasteiger partial charge in [-0.1, -0.05) is 56.7 Å². The topological polar surface area (TPSA) is 51.0 Å². The van der Waals surface area contributed by atoms with Crippen molar-refractivity contribution in [2.45, 2.75) is 79.2 Å². The average Bonchev–Trinajstić information content (AvgIpc) is 3.48. The van der Waals surface area contributed by atoms with Gasteiger partial charge in [-0.05, 0) is 70.2 Å². The molecule has 2 aromatic rings. The molecule has 0 N–H and O–H groups in total. The van der Waals surface area contributed by atoms with Crippen molar-refractivity contribution >= 4 is 11.4 Å². The molecule has 34 heavy (non-hydrogen) atoms. The second-order valence-corrected chi connectivity index (χ2v) is 9.90. The minimum absolute atomic E-state index is 0.192.